The first-order valence-corrected chi connectivity index (χ1v) is 12.7. The second-order valence-corrected chi connectivity index (χ2v) is 9.37. The van der Waals surface area contributed by atoms with Crippen LogP contribution >= 0.6 is 0 Å². The summed E-state index contributed by atoms with van der Waals surface area (Å²) >= 11 is 0. The van der Waals surface area contributed by atoms with Crippen molar-refractivity contribution in [3.05, 3.63) is 95.7 Å². The Bertz CT molecular complexity index is 1430. The van der Waals surface area contributed by atoms with Gasteiger partial charge >= 0.3 is 5.97 Å². The first kappa shape index (κ1) is 27.4. The van der Waals surface area contributed by atoms with Gasteiger partial charge in [0.1, 0.15) is 23.3 Å². The number of methoxy groups -OCH3 is 2. The highest BCUT2D eigenvalue weighted by Gasteiger charge is 2.24. The highest BCUT2D eigenvalue weighted by molar-refractivity contribution is 5.90. The maximum Gasteiger partial charge on any atom is 0.326 e. The molecule has 3 N–H and O–H groups in total. The molecule has 4 rings (SSSR count). The van der Waals surface area contributed by atoms with Gasteiger partial charge in [0.05, 0.1) is 14.2 Å². The van der Waals surface area contributed by atoms with Gasteiger partial charge in [-0.25, -0.2) is 4.79 Å². The Kier molecular flexibility index (Phi) is 8.99. The molecule has 3 aromatic carbocycles. The number of carbonyl (C=O) groups is 3. The van der Waals surface area contributed by atoms with Crippen molar-refractivity contribution < 1.29 is 29.0 Å². The molecule has 0 radical (unpaired) electrons. The van der Waals surface area contributed by atoms with Crippen LogP contribution in [0.15, 0.2) is 79.0 Å². The minimum atomic E-state index is -1.12. The van der Waals surface area contributed by atoms with E-state index >= 15 is 0 Å². The molecule has 1 unspecified atom stereocenters. The number of aromatic amines is 1. The van der Waals surface area contributed by atoms with Crippen LogP contribution in [0.5, 0.6) is 11.5 Å². The summed E-state index contributed by atoms with van der Waals surface area (Å²) in [5.74, 6) is -0.527. The number of benzene rings is 3. The summed E-state index contributed by atoms with van der Waals surface area (Å²) in [7, 11) is 3.21. The number of nitrogens with one attached hydrogen (secondary N) is 2. The standard InChI is InChI=1S/C31H32N2O6/c1-38-23-11-8-21(9-12-23)25(27-19-32-28-14-13-24(39-2)18-26(27)28)17-22(34)10-15-30(35)33-29(31(36)37)16-20-6-4-3-5-7-20/h3-9,11-14,18-19,25,29,32H,10,15-17H2,1-2H3,(H,33,35)(H,36,37)/t25?,29-/m0/s1. The zero-order chi connectivity index (χ0) is 27.8. The van der Waals surface area contributed by atoms with Crippen molar-refractivity contribution in [3.63, 3.8) is 0 Å². The summed E-state index contributed by atoms with van der Waals surface area (Å²) in [4.78, 5) is 40.7. The molecule has 8 heteroatoms. The predicted octanol–water partition coefficient (Wildman–Crippen LogP) is 4.87. The van der Waals surface area contributed by atoms with Crippen molar-refractivity contribution >= 4 is 28.6 Å². The quantitative estimate of drug-likeness (QED) is 0.228. The third kappa shape index (κ3) is 7.04. The summed E-state index contributed by atoms with van der Waals surface area (Å²) in [5.41, 5.74) is 3.61. The van der Waals surface area contributed by atoms with Crippen LogP contribution in [-0.4, -0.2) is 48.0 Å². The second kappa shape index (κ2) is 12.8. The number of ether oxygens (including phenoxy) is 2. The van der Waals surface area contributed by atoms with Crippen LogP contribution in [0.2, 0.25) is 0 Å². The number of Topliss-reactive ketones (excluding diaryl/α,β-unsaturated/α-hetero) is 1. The topological polar surface area (TPSA) is 118 Å². The number of hydrogen-bond acceptors (Lipinski definition) is 5. The predicted molar refractivity (Wildman–Crippen MR) is 148 cm³/mol. The van der Waals surface area contributed by atoms with Gasteiger partial charge in [0.2, 0.25) is 5.91 Å². The number of carboxylic acid groups (broad SMARTS) is 1. The number of hydrogen-bond donors (Lipinski definition) is 3. The molecule has 0 aliphatic carbocycles. The van der Waals surface area contributed by atoms with Gasteiger partial charge in [-0.1, -0.05) is 42.5 Å². The summed E-state index contributed by atoms with van der Waals surface area (Å²) in [6, 6.07) is 21.4. The minimum absolute atomic E-state index is 0.00183. The molecule has 0 saturated carbocycles. The number of carboxylic acids is 1. The maximum atomic E-state index is 13.2. The van der Waals surface area contributed by atoms with E-state index in [1.807, 2.05) is 79.0 Å². The Hall–Kier alpha value is -4.59. The van der Waals surface area contributed by atoms with Crippen LogP contribution in [0, 0.1) is 0 Å². The summed E-state index contributed by atoms with van der Waals surface area (Å²) < 4.78 is 10.7. The number of aliphatic carboxylic acids is 1. The first-order valence-electron chi connectivity index (χ1n) is 12.7. The van der Waals surface area contributed by atoms with Crippen LogP contribution in [0.3, 0.4) is 0 Å². The van der Waals surface area contributed by atoms with Gasteiger partial charge in [0.15, 0.2) is 0 Å². The van der Waals surface area contributed by atoms with Crippen LogP contribution in [0.1, 0.15) is 41.9 Å². The highest BCUT2D eigenvalue weighted by atomic mass is 16.5. The van der Waals surface area contributed by atoms with E-state index < -0.39 is 17.9 Å². The average molecular weight is 529 g/mol. The van der Waals surface area contributed by atoms with E-state index in [0.29, 0.717) is 11.5 Å². The molecule has 0 bridgehead atoms. The molecule has 0 spiro atoms. The Morgan fingerprint density at radius 2 is 1.59 bits per heavy atom. The number of amides is 1. The van der Waals surface area contributed by atoms with Crippen molar-refractivity contribution in [2.75, 3.05) is 14.2 Å². The lowest BCUT2D eigenvalue weighted by Gasteiger charge is -2.18. The molecular weight excluding hydrogens is 496 g/mol. The SMILES string of the molecule is COc1ccc(C(CC(=O)CCC(=O)N[C@@H](Cc2ccccc2)C(=O)O)c2c[nH]c3ccc(OC)cc23)cc1. The van der Waals surface area contributed by atoms with Gasteiger partial charge in [-0.05, 0) is 47.0 Å². The van der Waals surface area contributed by atoms with E-state index in [2.05, 4.69) is 10.3 Å². The average Bonchev–Trinajstić information content (AvgIpc) is 3.38. The Balaban J connectivity index is 1.47. The Morgan fingerprint density at radius 1 is 0.897 bits per heavy atom. The number of fused-ring (bicyclic) bond motifs is 1. The van der Waals surface area contributed by atoms with Crippen LogP contribution < -0.4 is 14.8 Å². The first-order chi connectivity index (χ1) is 18.9. The lowest BCUT2D eigenvalue weighted by atomic mass is 9.86. The van der Waals surface area contributed by atoms with Gasteiger partial charge in [-0.2, -0.15) is 0 Å². The van der Waals surface area contributed by atoms with Gasteiger partial charge < -0.3 is 24.9 Å². The van der Waals surface area contributed by atoms with Crippen LogP contribution in [-0.2, 0) is 20.8 Å². The zero-order valence-corrected chi connectivity index (χ0v) is 22.0. The normalized spacial score (nSPS) is 12.5. The minimum Gasteiger partial charge on any atom is -0.497 e. The molecule has 1 amide bonds. The van der Waals surface area contributed by atoms with Crippen LogP contribution in [0.4, 0.5) is 0 Å². The zero-order valence-electron chi connectivity index (χ0n) is 22.0. The van der Waals surface area contributed by atoms with Crippen molar-refractivity contribution in [2.45, 2.75) is 37.6 Å². The van der Waals surface area contributed by atoms with Crippen molar-refractivity contribution in [2.24, 2.45) is 0 Å². The molecule has 0 aliphatic heterocycles. The van der Waals surface area contributed by atoms with E-state index in [1.54, 1.807) is 14.2 Å². The Morgan fingerprint density at radius 3 is 2.26 bits per heavy atom. The monoisotopic (exact) mass is 528 g/mol. The lowest BCUT2D eigenvalue weighted by molar-refractivity contribution is -0.141. The molecule has 0 fully saturated rings. The van der Waals surface area contributed by atoms with E-state index in [9.17, 15) is 19.5 Å². The Labute approximate surface area is 227 Å². The number of carbonyl (C=O) groups excluding carboxylic acids is 2. The van der Waals surface area contributed by atoms with Gasteiger partial charge in [-0.3, -0.25) is 9.59 Å². The molecule has 202 valence electrons. The molecule has 2 atom stereocenters. The highest BCUT2D eigenvalue weighted by Crippen LogP contribution is 2.36. The van der Waals surface area contributed by atoms with Crippen molar-refractivity contribution in [1.29, 1.82) is 0 Å². The molecular formula is C31H32N2O6. The summed E-state index contributed by atoms with van der Waals surface area (Å²) in [5, 5.41) is 13.1. The maximum absolute atomic E-state index is 13.2. The molecule has 39 heavy (non-hydrogen) atoms. The molecule has 1 heterocycles. The molecule has 8 nitrogen and oxygen atoms in total. The van der Waals surface area contributed by atoms with Gasteiger partial charge in [0.25, 0.3) is 0 Å². The third-order valence-corrected chi connectivity index (χ3v) is 6.79. The fourth-order valence-electron chi connectivity index (χ4n) is 4.68. The summed E-state index contributed by atoms with van der Waals surface area (Å²) in [6.45, 7) is 0. The number of rotatable bonds is 13. The number of aromatic nitrogens is 1. The van der Waals surface area contributed by atoms with Gasteiger partial charge in [-0.15, -0.1) is 0 Å². The van der Waals surface area contributed by atoms with E-state index in [0.717, 1.165) is 27.6 Å². The van der Waals surface area contributed by atoms with Crippen molar-refractivity contribution in [3.8, 4) is 11.5 Å². The molecule has 0 saturated heterocycles. The summed E-state index contributed by atoms with van der Waals surface area (Å²) in [6.07, 6.45) is 2.16. The third-order valence-electron chi connectivity index (χ3n) is 6.79. The largest absolute Gasteiger partial charge is 0.497 e. The fourth-order valence-corrected chi connectivity index (χ4v) is 4.68. The second-order valence-electron chi connectivity index (χ2n) is 9.37. The fraction of sp³-hybridized carbons (Fsp3) is 0.258. The van der Waals surface area contributed by atoms with E-state index in [1.165, 1.54) is 0 Å². The van der Waals surface area contributed by atoms with Crippen molar-refractivity contribution in [1.82, 2.24) is 10.3 Å². The number of H-pyrrole nitrogens is 1. The lowest BCUT2D eigenvalue weighted by Crippen LogP contribution is -2.42. The van der Waals surface area contributed by atoms with Crippen LogP contribution in [0.25, 0.3) is 10.9 Å². The van der Waals surface area contributed by atoms with E-state index in [4.69, 9.17) is 9.47 Å². The smallest absolute Gasteiger partial charge is 0.326 e. The number of ketones is 1. The van der Waals surface area contributed by atoms with E-state index in [-0.39, 0.29) is 37.4 Å². The molecule has 1 aromatic heterocycles. The molecule has 0 aliphatic rings. The van der Waals surface area contributed by atoms with Gasteiger partial charge in [0, 0.05) is 48.7 Å². The molecule has 4 aromatic rings.